The van der Waals surface area contributed by atoms with Gasteiger partial charge in [-0.05, 0) is 38.1 Å². The van der Waals surface area contributed by atoms with Gasteiger partial charge < -0.3 is 15.2 Å². The number of hydrogen-bond donors (Lipinski definition) is 2. The van der Waals surface area contributed by atoms with Gasteiger partial charge >= 0.3 is 0 Å². The molecule has 4 atom stereocenters. The van der Waals surface area contributed by atoms with Crippen LogP contribution < -0.4 is 5.32 Å². The van der Waals surface area contributed by atoms with Crippen LogP contribution in [-0.2, 0) is 4.74 Å². The molecule has 0 aromatic carbocycles. The van der Waals surface area contributed by atoms with Gasteiger partial charge in [0.2, 0.25) is 0 Å². The molecule has 2 fully saturated rings. The average Bonchev–Trinajstić information content (AvgIpc) is 2.83. The van der Waals surface area contributed by atoms with E-state index in [0.717, 1.165) is 19.4 Å². The first-order chi connectivity index (χ1) is 9.49. The summed E-state index contributed by atoms with van der Waals surface area (Å²) in [6, 6.07) is 1.02. The van der Waals surface area contributed by atoms with Crippen molar-refractivity contribution < 1.29 is 9.84 Å². The Morgan fingerprint density at radius 3 is 2.75 bits per heavy atom. The van der Waals surface area contributed by atoms with E-state index in [1.807, 2.05) is 7.11 Å². The smallest absolute Gasteiger partial charge is 0.0724 e. The molecule has 1 saturated carbocycles. The van der Waals surface area contributed by atoms with Crippen molar-refractivity contribution in [1.29, 1.82) is 0 Å². The summed E-state index contributed by atoms with van der Waals surface area (Å²) in [7, 11) is 1.83. The largest absolute Gasteiger partial charge is 0.394 e. The standard InChI is InChI=1S/C16H32N2O2/c1-12(2)17-16(11-19)7-5-14(9-16)18-8-6-13(3)15(10-18)20-4/h12-15,17,19H,5-11H2,1-4H3. The first-order valence-electron chi connectivity index (χ1n) is 8.15. The summed E-state index contributed by atoms with van der Waals surface area (Å²) in [4.78, 5) is 2.59. The average molecular weight is 284 g/mol. The van der Waals surface area contributed by atoms with Crippen LogP contribution in [0.2, 0.25) is 0 Å². The fourth-order valence-electron chi connectivity index (χ4n) is 4.04. The third-order valence-corrected chi connectivity index (χ3v) is 5.22. The van der Waals surface area contributed by atoms with Gasteiger partial charge in [-0.25, -0.2) is 0 Å². The predicted octanol–water partition coefficient (Wildman–Crippen LogP) is 1.62. The molecule has 4 unspecified atom stereocenters. The van der Waals surface area contributed by atoms with Crippen molar-refractivity contribution in [2.45, 2.75) is 70.2 Å². The second kappa shape index (κ2) is 6.73. The van der Waals surface area contributed by atoms with Crippen molar-refractivity contribution in [3.05, 3.63) is 0 Å². The maximum Gasteiger partial charge on any atom is 0.0724 e. The van der Waals surface area contributed by atoms with Gasteiger partial charge in [0.1, 0.15) is 0 Å². The lowest BCUT2D eigenvalue weighted by Gasteiger charge is -2.40. The van der Waals surface area contributed by atoms with Crippen LogP contribution in [-0.4, -0.2) is 60.5 Å². The molecule has 118 valence electrons. The second-order valence-corrected chi connectivity index (χ2v) is 7.17. The van der Waals surface area contributed by atoms with Gasteiger partial charge in [-0.15, -0.1) is 0 Å². The molecule has 20 heavy (non-hydrogen) atoms. The molecule has 0 spiro atoms. The number of rotatable bonds is 5. The van der Waals surface area contributed by atoms with E-state index < -0.39 is 0 Å². The molecule has 1 heterocycles. The van der Waals surface area contributed by atoms with E-state index in [0.29, 0.717) is 24.1 Å². The highest BCUT2D eigenvalue weighted by atomic mass is 16.5. The van der Waals surface area contributed by atoms with E-state index in [-0.39, 0.29) is 12.1 Å². The monoisotopic (exact) mass is 284 g/mol. The number of likely N-dealkylation sites (tertiary alicyclic amines) is 1. The minimum Gasteiger partial charge on any atom is -0.394 e. The molecule has 2 aliphatic rings. The third-order valence-electron chi connectivity index (χ3n) is 5.22. The first-order valence-corrected chi connectivity index (χ1v) is 8.15. The number of nitrogens with zero attached hydrogens (tertiary/aromatic N) is 1. The summed E-state index contributed by atoms with van der Waals surface area (Å²) in [5, 5.41) is 13.4. The summed E-state index contributed by atoms with van der Waals surface area (Å²) < 4.78 is 5.63. The normalized spacial score (nSPS) is 39.6. The molecule has 0 aromatic heterocycles. The van der Waals surface area contributed by atoms with Crippen LogP contribution in [0.5, 0.6) is 0 Å². The Hall–Kier alpha value is -0.160. The molecule has 1 aliphatic heterocycles. The number of aliphatic hydroxyl groups excluding tert-OH is 1. The van der Waals surface area contributed by atoms with Crippen molar-refractivity contribution in [3.8, 4) is 0 Å². The summed E-state index contributed by atoms with van der Waals surface area (Å²) in [5.41, 5.74) is -0.0650. The Morgan fingerprint density at radius 1 is 1.40 bits per heavy atom. The molecular formula is C16H32N2O2. The Morgan fingerprint density at radius 2 is 2.15 bits per heavy atom. The van der Waals surface area contributed by atoms with Crippen LogP contribution in [0.25, 0.3) is 0 Å². The zero-order chi connectivity index (χ0) is 14.8. The number of nitrogens with one attached hydrogen (secondary N) is 1. The minimum atomic E-state index is -0.0650. The minimum absolute atomic E-state index is 0.0650. The molecule has 4 nitrogen and oxygen atoms in total. The van der Waals surface area contributed by atoms with Crippen LogP contribution in [0, 0.1) is 5.92 Å². The van der Waals surface area contributed by atoms with Crippen LogP contribution in [0.15, 0.2) is 0 Å². The molecule has 2 rings (SSSR count). The molecule has 1 saturated heterocycles. The molecule has 1 aliphatic carbocycles. The fourth-order valence-corrected chi connectivity index (χ4v) is 4.04. The zero-order valence-electron chi connectivity index (χ0n) is 13.6. The quantitative estimate of drug-likeness (QED) is 0.805. The first kappa shape index (κ1) is 16.2. The molecule has 4 heteroatoms. The highest BCUT2D eigenvalue weighted by Gasteiger charge is 2.42. The maximum atomic E-state index is 9.82. The topological polar surface area (TPSA) is 44.7 Å². The Kier molecular flexibility index (Phi) is 5.46. The van der Waals surface area contributed by atoms with Gasteiger partial charge in [0.15, 0.2) is 0 Å². The summed E-state index contributed by atoms with van der Waals surface area (Å²) in [5.74, 6) is 0.661. The Bertz CT molecular complexity index is 311. The number of ether oxygens (including phenoxy) is 1. The summed E-state index contributed by atoms with van der Waals surface area (Å²) >= 11 is 0. The number of hydrogen-bond acceptors (Lipinski definition) is 4. The van der Waals surface area contributed by atoms with Crippen LogP contribution in [0.3, 0.4) is 0 Å². The van der Waals surface area contributed by atoms with E-state index in [1.165, 1.54) is 19.4 Å². The lowest BCUT2D eigenvalue weighted by Crippen LogP contribution is -2.52. The number of methoxy groups -OCH3 is 1. The Balaban J connectivity index is 1.94. The predicted molar refractivity (Wildman–Crippen MR) is 81.9 cm³/mol. The van der Waals surface area contributed by atoms with E-state index in [4.69, 9.17) is 4.74 Å². The van der Waals surface area contributed by atoms with Crippen LogP contribution >= 0.6 is 0 Å². The summed E-state index contributed by atoms with van der Waals surface area (Å²) in [6.07, 6.45) is 4.91. The van der Waals surface area contributed by atoms with Gasteiger partial charge in [-0.3, -0.25) is 4.90 Å². The van der Waals surface area contributed by atoms with Crippen molar-refractivity contribution >= 4 is 0 Å². The molecule has 0 bridgehead atoms. The van der Waals surface area contributed by atoms with Gasteiger partial charge in [0.25, 0.3) is 0 Å². The van der Waals surface area contributed by atoms with Crippen molar-refractivity contribution in [1.82, 2.24) is 10.2 Å². The number of aliphatic hydroxyl groups is 1. The lowest BCUT2D eigenvalue weighted by atomic mass is 9.93. The van der Waals surface area contributed by atoms with Gasteiger partial charge in [-0.1, -0.05) is 20.8 Å². The van der Waals surface area contributed by atoms with Crippen molar-refractivity contribution in [2.24, 2.45) is 5.92 Å². The highest BCUT2D eigenvalue weighted by molar-refractivity contribution is 5.01. The third kappa shape index (κ3) is 3.53. The van der Waals surface area contributed by atoms with Gasteiger partial charge in [0.05, 0.1) is 12.7 Å². The zero-order valence-corrected chi connectivity index (χ0v) is 13.6. The highest BCUT2D eigenvalue weighted by Crippen LogP contribution is 2.35. The van der Waals surface area contributed by atoms with E-state index >= 15 is 0 Å². The molecule has 0 aromatic rings. The summed E-state index contributed by atoms with van der Waals surface area (Å²) in [6.45, 7) is 9.08. The molecule has 0 radical (unpaired) electrons. The number of piperidine rings is 1. The van der Waals surface area contributed by atoms with Crippen molar-refractivity contribution in [3.63, 3.8) is 0 Å². The molecule has 2 N–H and O–H groups in total. The fraction of sp³-hybridized carbons (Fsp3) is 1.00. The molecule has 0 amide bonds. The van der Waals surface area contributed by atoms with Gasteiger partial charge in [0, 0.05) is 31.3 Å². The van der Waals surface area contributed by atoms with Gasteiger partial charge in [-0.2, -0.15) is 0 Å². The lowest BCUT2D eigenvalue weighted by molar-refractivity contribution is -0.0197. The Labute approximate surface area is 123 Å². The van der Waals surface area contributed by atoms with Crippen molar-refractivity contribution in [2.75, 3.05) is 26.8 Å². The maximum absolute atomic E-state index is 9.82. The second-order valence-electron chi connectivity index (χ2n) is 7.17. The van der Waals surface area contributed by atoms with E-state index in [9.17, 15) is 5.11 Å². The molecular weight excluding hydrogens is 252 g/mol. The van der Waals surface area contributed by atoms with E-state index in [1.54, 1.807) is 0 Å². The van der Waals surface area contributed by atoms with Crippen LogP contribution in [0.1, 0.15) is 46.5 Å². The van der Waals surface area contributed by atoms with E-state index in [2.05, 4.69) is 31.0 Å². The SMILES string of the molecule is COC1CN(C2CCC(CO)(NC(C)C)C2)CCC1C. The van der Waals surface area contributed by atoms with Crippen LogP contribution in [0.4, 0.5) is 0 Å².